The van der Waals surface area contributed by atoms with Gasteiger partial charge in [-0.2, -0.15) is 0 Å². The van der Waals surface area contributed by atoms with Gasteiger partial charge < -0.3 is 10.0 Å². The SMILES string of the molecule is C=CCC(O)c1ccc(N(C)C)cc1. The molecule has 2 heteroatoms. The Morgan fingerprint density at radius 2 is 1.93 bits per heavy atom. The molecule has 1 N–H and O–H groups in total. The summed E-state index contributed by atoms with van der Waals surface area (Å²) in [6.45, 7) is 3.60. The van der Waals surface area contributed by atoms with Crippen LogP contribution in [0.15, 0.2) is 36.9 Å². The number of rotatable bonds is 4. The largest absolute Gasteiger partial charge is 0.388 e. The second kappa shape index (κ2) is 4.82. The summed E-state index contributed by atoms with van der Waals surface area (Å²) in [6.07, 6.45) is 1.90. The quantitative estimate of drug-likeness (QED) is 0.738. The van der Waals surface area contributed by atoms with Crippen LogP contribution in [0.5, 0.6) is 0 Å². The van der Waals surface area contributed by atoms with E-state index in [4.69, 9.17) is 0 Å². The van der Waals surface area contributed by atoms with Gasteiger partial charge in [-0.05, 0) is 24.1 Å². The van der Waals surface area contributed by atoms with Crippen LogP contribution in [-0.4, -0.2) is 19.2 Å². The second-order valence-corrected chi connectivity index (χ2v) is 3.53. The molecule has 1 aromatic carbocycles. The van der Waals surface area contributed by atoms with Gasteiger partial charge in [0.25, 0.3) is 0 Å². The van der Waals surface area contributed by atoms with Gasteiger partial charge >= 0.3 is 0 Å². The van der Waals surface area contributed by atoms with Crippen molar-refractivity contribution in [2.24, 2.45) is 0 Å². The highest BCUT2D eigenvalue weighted by Crippen LogP contribution is 2.20. The molecule has 0 saturated heterocycles. The third-order valence-electron chi connectivity index (χ3n) is 2.18. The van der Waals surface area contributed by atoms with Crippen LogP contribution < -0.4 is 4.90 Å². The van der Waals surface area contributed by atoms with Crippen molar-refractivity contribution < 1.29 is 5.11 Å². The Hall–Kier alpha value is -1.28. The van der Waals surface area contributed by atoms with Gasteiger partial charge in [-0.1, -0.05) is 18.2 Å². The zero-order valence-corrected chi connectivity index (χ0v) is 8.77. The topological polar surface area (TPSA) is 23.5 Å². The highest BCUT2D eigenvalue weighted by Gasteiger charge is 2.04. The van der Waals surface area contributed by atoms with Crippen LogP contribution in [0.2, 0.25) is 0 Å². The number of hydrogen-bond donors (Lipinski definition) is 1. The van der Waals surface area contributed by atoms with Crippen LogP contribution in [0, 0.1) is 0 Å². The first-order valence-electron chi connectivity index (χ1n) is 4.71. The van der Waals surface area contributed by atoms with Gasteiger partial charge in [0.05, 0.1) is 6.10 Å². The average Bonchev–Trinajstić information content (AvgIpc) is 2.18. The lowest BCUT2D eigenvalue weighted by molar-refractivity contribution is 0.181. The molecule has 0 bridgehead atoms. The summed E-state index contributed by atoms with van der Waals surface area (Å²) in [5, 5.41) is 9.67. The minimum absolute atomic E-state index is 0.427. The molecule has 14 heavy (non-hydrogen) atoms. The fraction of sp³-hybridized carbons (Fsp3) is 0.333. The summed E-state index contributed by atoms with van der Waals surface area (Å²) >= 11 is 0. The van der Waals surface area contributed by atoms with E-state index in [0.717, 1.165) is 11.3 Å². The molecule has 76 valence electrons. The van der Waals surface area contributed by atoms with Crippen molar-refractivity contribution in [1.82, 2.24) is 0 Å². The van der Waals surface area contributed by atoms with Crippen molar-refractivity contribution >= 4 is 5.69 Å². The standard InChI is InChI=1S/C12H17NO/c1-4-5-12(14)10-6-8-11(9-7-10)13(2)3/h4,6-9,12,14H,1,5H2,2-3H3. The first-order valence-corrected chi connectivity index (χ1v) is 4.71. The van der Waals surface area contributed by atoms with E-state index < -0.39 is 6.10 Å². The molecule has 0 fully saturated rings. The molecule has 1 rings (SSSR count). The fourth-order valence-electron chi connectivity index (χ4n) is 1.29. The van der Waals surface area contributed by atoms with E-state index in [1.807, 2.05) is 43.3 Å². The smallest absolute Gasteiger partial charge is 0.0824 e. The Bertz CT molecular complexity index is 290. The molecule has 0 saturated carbocycles. The van der Waals surface area contributed by atoms with Crippen molar-refractivity contribution in [2.45, 2.75) is 12.5 Å². The lowest BCUT2D eigenvalue weighted by Crippen LogP contribution is -2.08. The molecule has 0 aliphatic rings. The molecule has 0 aliphatic heterocycles. The van der Waals surface area contributed by atoms with Crippen molar-refractivity contribution in [2.75, 3.05) is 19.0 Å². The number of hydrogen-bond acceptors (Lipinski definition) is 2. The average molecular weight is 191 g/mol. The normalized spacial score (nSPS) is 12.2. The highest BCUT2D eigenvalue weighted by atomic mass is 16.3. The van der Waals surface area contributed by atoms with E-state index in [0.29, 0.717) is 6.42 Å². The first-order chi connectivity index (χ1) is 6.65. The molecule has 1 atom stereocenters. The molecule has 0 amide bonds. The molecule has 0 radical (unpaired) electrons. The van der Waals surface area contributed by atoms with E-state index in [1.165, 1.54) is 0 Å². The fourth-order valence-corrected chi connectivity index (χ4v) is 1.29. The lowest BCUT2D eigenvalue weighted by atomic mass is 10.1. The van der Waals surface area contributed by atoms with E-state index in [1.54, 1.807) is 6.08 Å². The summed E-state index contributed by atoms with van der Waals surface area (Å²) in [5.74, 6) is 0. The van der Waals surface area contributed by atoms with Crippen LogP contribution in [0.4, 0.5) is 5.69 Å². The number of aliphatic hydroxyl groups is 1. The van der Waals surface area contributed by atoms with Crippen molar-refractivity contribution in [1.29, 1.82) is 0 Å². The monoisotopic (exact) mass is 191 g/mol. The molecular weight excluding hydrogens is 174 g/mol. The Morgan fingerprint density at radius 1 is 1.36 bits per heavy atom. The van der Waals surface area contributed by atoms with Crippen LogP contribution in [0.1, 0.15) is 18.1 Å². The van der Waals surface area contributed by atoms with Crippen LogP contribution >= 0.6 is 0 Å². The third kappa shape index (κ3) is 2.60. The maximum absolute atomic E-state index is 9.67. The van der Waals surface area contributed by atoms with E-state index in [9.17, 15) is 5.11 Å². The molecular formula is C12H17NO. The van der Waals surface area contributed by atoms with Crippen LogP contribution in [-0.2, 0) is 0 Å². The van der Waals surface area contributed by atoms with Crippen molar-refractivity contribution in [3.05, 3.63) is 42.5 Å². The highest BCUT2D eigenvalue weighted by molar-refractivity contribution is 5.46. The van der Waals surface area contributed by atoms with Gasteiger partial charge in [0.15, 0.2) is 0 Å². The summed E-state index contributed by atoms with van der Waals surface area (Å²) in [4.78, 5) is 2.03. The Labute approximate surface area is 85.5 Å². The van der Waals surface area contributed by atoms with Crippen molar-refractivity contribution in [3.8, 4) is 0 Å². The summed E-state index contributed by atoms with van der Waals surface area (Å²) in [7, 11) is 3.99. The molecule has 1 unspecified atom stereocenters. The summed E-state index contributed by atoms with van der Waals surface area (Å²) in [6, 6.07) is 7.90. The Morgan fingerprint density at radius 3 is 2.36 bits per heavy atom. The maximum atomic E-state index is 9.67. The van der Waals surface area contributed by atoms with Gasteiger partial charge in [0.1, 0.15) is 0 Å². The Balaban J connectivity index is 2.77. The third-order valence-corrected chi connectivity index (χ3v) is 2.18. The first kappa shape index (κ1) is 10.8. The molecule has 1 aromatic rings. The summed E-state index contributed by atoms with van der Waals surface area (Å²) < 4.78 is 0. The van der Waals surface area contributed by atoms with Gasteiger partial charge in [0.2, 0.25) is 0 Å². The van der Waals surface area contributed by atoms with Gasteiger partial charge in [-0.15, -0.1) is 6.58 Å². The summed E-state index contributed by atoms with van der Waals surface area (Å²) in [5.41, 5.74) is 2.08. The predicted octanol–water partition coefficient (Wildman–Crippen LogP) is 2.36. The Kier molecular flexibility index (Phi) is 3.72. The molecule has 0 heterocycles. The molecule has 0 aliphatic carbocycles. The number of anilines is 1. The van der Waals surface area contributed by atoms with E-state index in [-0.39, 0.29) is 0 Å². The minimum Gasteiger partial charge on any atom is -0.388 e. The van der Waals surface area contributed by atoms with Crippen LogP contribution in [0.25, 0.3) is 0 Å². The number of benzene rings is 1. The lowest BCUT2D eigenvalue weighted by Gasteiger charge is -2.14. The van der Waals surface area contributed by atoms with Gasteiger partial charge in [-0.25, -0.2) is 0 Å². The second-order valence-electron chi connectivity index (χ2n) is 3.53. The zero-order chi connectivity index (χ0) is 10.6. The van der Waals surface area contributed by atoms with Gasteiger partial charge in [-0.3, -0.25) is 0 Å². The van der Waals surface area contributed by atoms with Gasteiger partial charge in [0, 0.05) is 19.8 Å². The number of nitrogens with zero attached hydrogens (tertiary/aromatic N) is 1. The molecule has 0 spiro atoms. The number of aliphatic hydroxyl groups excluding tert-OH is 1. The van der Waals surface area contributed by atoms with Crippen molar-refractivity contribution in [3.63, 3.8) is 0 Å². The predicted molar refractivity (Wildman–Crippen MR) is 60.5 cm³/mol. The van der Waals surface area contributed by atoms with Crippen LogP contribution in [0.3, 0.4) is 0 Å². The van der Waals surface area contributed by atoms with E-state index >= 15 is 0 Å². The minimum atomic E-state index is -0.427. The molecule has 2 nitrogen and oxygen atoms in total. The van der Waals surface area contributed by atoms with E-state index in [2.05, 4.69) is 6.58 Å². The maximum Gasteiger partial charge on any atom is 0.0824 e. The molecule has 0 aromatic heterocycles. The zero-order valence-electron chi connectivity index (χ0n) is 8.77.